The predicted octanol–water partition coefficient (Wildman–Crippen LogP) is 4.79. The Balaban J connectivity index is 0.00000280. The Morgan fingerprint density at radius 2 is 1.61 bits per heavy atom. The average Bonchev–Trinajstić information content (AvgIpc) is 2.73. The zero-order valence-corrected chi connectivity index (χ0v) is 18.0. The van der Waals surface area contributed by atoms with E-state index >= 15 is 0 Å². The van der Waals surface area contributed by atoms with Crippen LogP contribution in [0.5, 0.6) is 11.5 Å². The Bertz CT molecular complexity index is 884. The van der Waals surface area contributed by atoms with E-state index in [0.717, 1.165) is 28.3 Å². The summed E-state index contributed by atoms with van der Waals surface area (Å²) in [6.45, 7) is 0.896. The van der Waals surface area contributed by atoms with E-state index < -0.39 is 0 Å². The number of guanidine groups is 1. The molecule has 0 bridgehead atoms. The number of hydrogen-bond donors (Lipinski definition) is 2. The maximum absolute atomic E-state index is 5.93. The van der Waals surface area contributed by atoms with Crippen LogP contribution in [-0.4, -0.2) is 26.2 Å². The molecule has 6 heteroatoms. The van der Waals surface area contributed by atoms with Crippen LogP contribution in [0.3, 0.4) is 0 Å². The van der Waals surface area contributed by atoms with Crippen molar-refractivity contribution in [2.75, 3.05) is 25.6 Å². The number of benzene rings is 3. The second-order valence-electron chi connectivity index (χ2n) is 5.83. The summed E-state index contributed by atoms with van der Waals surface area (Å²) in [6, 6.07) is 25.6. The molecule has 3 aromatic rings. The molecule has 5 nitrogen and oxygen atoms in total. The molecule has 0 unspecified atom stereocenters. The Kier molecular flexibility index (Phi) is 8.61. The van der Waals surface area contributed by atoms with E-state index in [-0.39, 0.29) is 24.0 Å². The van der Waals surface area contributed by atoms with Gasteiger partial charge in [-0.1, -0.05) is 48.5 Å². The SMILES string of the molecule is COc1ccc(NC(N)=NCCOc2ccccc2-c2ccccc2)cc1.I. The highest BCUT2D eigenvalue weighted by molar-refractivity contribution is 14.0. The number of anilines is 1. The zero-order valence-electron chi connectivity index (χ0n) is 15.7. The summed E-state index contributed by atoms with van der Waals surface area (Å²) >= 11 is 0. The normalized spacial score (nSPS) is 10.7. The molecule has 0 aromatic heterocycles. The number of nitrogens with one attached hydrogen (secondary N) is 1. The first-order valence-corrected chi connectivity index (χ1v) is 8.74. The van der Waals surface area contributed by atoms with Gasteiger partial charge in [0.25, 0.3) is 0 Å². The molecule has 0 saturated heterocycles. The van der Waals surface area contributed by atoms with Crippen LogP contribution in [-0.2, 0) is 0 Å². The molecule has 3 rings (SSSR count). The van der Waals surface area contributed by atoms with Crippen LogP contribution in [0.4, 0.5) is 5.69 Å². The number of methoxy groups -OCH3 is 1. The molecule has 0 spiro atoms. The van der Waals surface area contributed by atoms with Crippen molar-refractivity contribution in [3.8, 4) is 22.6 Å². The first kappa shape index (κ1) is 21.6. The molecule has 0 amide bonds. The molecule has 0 aliphatic carbocycles. The van der Waals surface area contributed by atoms with E-state index in [9.17, 15) is 0 Å². The maximum Gasteiger partial charge on any atom is 0.193 e. The average molecular weight is 489 g/mol. The molecule has 0 heterocycles. The number of nitrogens with two attached hydrogens (primary N) is 1. The van der Waals surface area contributed by atoms with Gasteiger partial charge in [0, 0.05) is 11.3 Å². The van der Waals surface area contributed by atoms with Gasteiger partial charge in [-0.15, -0.1) is 24.0 Å². The van der Waals surface area contributed by atoms with Gasteiger partial charge in [-0.25, -0.2) is 4.99 Å². The van der Waals surface area contributed by atoms with Crippen LogP contribution in [0, 0.1) is 0 Å². The second-order valence-corrected chi connectivity index (χ2v) is 5.83. The van der Waals surface area contributed by atoms with E-state index in [4.69, 9.17) is 15.2 Å². The minimum atomic E-state index is 0. The number of aliphatic imine (C=N–C) groups is 1. The Labute approximate surface area is 182 Å². The molecule has 0 saturated carbocycles. The topological polar surface area (TPSA) is 68.9 Å². The third-order valence-electron chi connectivity index (χ3n) is 3.97. The standard InChI is InChI=1S/C22H23N3O2.HI/c1-26-19-13-11-18(12-14-19)25-22(23)24-15-16-27-21-10-6-5-9-20(21)17-7-3-2-4-8-17;/h2-14H,15-16H2,1H3,(H3,23,24,25);1H. The van der Waals surface area contributed by atoms with E-state index in [2.05, 4.69) is 22.4 Å². The van der Waals surface area contributed by atoms with Crippen LogP contribution in [0.25, 0.3) is 11.1 Å². The highest BCUT2D eigenvalue weighted by atomic mass is 127. The third kappa shape index (κ3) is 6.16. The molecule has 146 valence electrons. The molecule has 0 aliphatic rings. The van der Waals surface area contributed by atoms with Gasteiger partial charge in [0.15, 0.2) is 5.96 Å². The first-order valence-electron chi connectivity index (χ1n) is 8.74. The Hall–Kier alpha value is -2.74. The summed E-state index contributed by atoms with van der Waals surface area (Å²) in [6.07, 6.45) is 0. The molecule has 0 atom stereocenters. The fraction of sp³-hybridized carbons (Fsp3) is 0.136. The van der Waals surface area contributed by atoms with Crippen molar-refractivity contribution in [2.45, 2.75) is 0 Å². The van der Waals surface area contributed by atoms with Crippen molar-refractivity contribution in [1.82, 2.24) is 0 Å². The quantitative estimate of drug-likeness (QED) is 0.217. The Morgan fingerprint density at radius 1 is 0.929 bits per heavy atom. The lowest BCUT2D eigenvalue weighted by atomic mass is 10.1. The number of para-hydroxylation sites is 1. The molecule has 0 radical (unpaired) electrons. The largest absolute Gasteiger partial charge is 0.497 e. The molecule has 3 aromatic carbocycles. The lowest BCUT2D eigenvalue weighted by molar-refractivity contribution is 0.330. The molecule has 3 N–H and O–H groups in total. The van der Waals surface area contributed by atoms with Gasteiger partial charge in [-0.3, -0.25) is 0 Å². The fourth-order valence-electron chi connectivity index (χ4n) is 2.63. The molecular formula is C22H24IN3O2. The first-order chi connectivity index (χ1) is 13.3. The van der Waals surface area contributed by atoms with Crippen molar-refractivity contribution in [2.24, 2.45) is 10.7 Å². The third-order valence-corrected chi connectivity index (χ3v) is 3.97. The summed E-state index contributed by atoms with van der Waals surface area (Å²) < 4.78 is 11.0. The van der Waals surface area contributed by atoms with Crippen LogP contribution >= 0.6 is 24.0 Å². The zero-order chi connectivity index (χ0) is 18.9. The number of rotatable bonds is 7. The van der Waals surface area contributed by atoms with Crippen molar-refractivity contribution in [3.63, 3.8) is 0 Å². The predicted molar refractivity (Wildman–Crippen MR) is 126 cm³/mol. The van der Waals surface area contributed by atoms with Gasteiger partial charge in [0.1, 0.15) is 18.1 Å². The molecule has 0 fully saturated rings. The van der Waals surface area contributed by atoms with E-state index in [1.165, 1.54) is 0 Å². The number of ether oxygens (including phenoxy) is 2. The van der Waals surface area contributed by atoms with Crippen molar-refractivity contribution in [3.05, 3.63) is 78.9 Å². The van der Waals surface area contributed by atoms with Crippen LogP contribution in [0.1, 0.15) is 0 Å². The highest BCUT2D eigenvalue weighted by Gasteiger charge is 2.05. The molecule has 28 heavy (non-hydrogen) atoms. The minimum Gasteiger partial charge on any atom is -0.497 e. The summed E-state index contributed by atoms with van der Waals surface area (Å²) in [5, 5.41) is 3.05. The van der Waals surface area contributed by atoms with Crippen LogP contribution in [0.2, 0.25) is 0 Å². The van der Waals surface area contributed by atoms with Crippen LogP contribution < -0.4 is 20.5 Å². The van der Waals surface area contributed by atoms with Gasteiger partial charge in [-0.2, -0.15) is 0 Å². The van der Waals surface area contributed by atoms with Gasteiger partial charge in [0.2, 0.25) is 0 Å². The van der Waals surface area contributed by atoms with Crippen molar-refractivity contribution >= 4 is 35.6 Å². The Morgan fingerprint density at radius 3 is 2.32 bits per heavy atom. The lowest BCUT2D eigenvalue weighted by Crippen LogP contribution is -2.23. The van der Waals surface area contributed by atoms with Crippen LogP contribution in [0.15, 0.2) is 83.9 Å². The summed E-state index contributed by atoms with van der Waals surface area (Å²) in [4.78, 5) is 4.31. The second kappa shape index (κ2) is 11.2. The summed E-state index contributed by atoms with van der Waals surface area (Å²) in [5.74, 6) is 1.97. The van der Waals surface area contributed by atoms with Crippen molar-refractivity contribution < 1.29 is 9.47 Å². The van der Waals surface area contributed by atoms with E-state index in [0.29, 0.717) is 19.1 Å². The molecule has 0 aliphatic heterocycles. The van der Waals surface area contributed by atoms with Crippen molar-refractivity contribution in [1.29, 1.82) is 0 Å². The monoisotopic (exact) mass is 489 g/mol. The summed E-state index contributed by atoms with van der Waals surface area (Å²) in [5.41, 5.74) is 8.97. The summed E-state index contributed by atoms with van der Waals surface area (Å²) in [7, 11) is 1.63. The number of halogens is 1. The number of nitrogens with zero attached hydrogens (tertiary/aromatic N) is 1. The molecular weight excluding hydrogens is 465 g/mol. The minimum absolute atomic E-state index is 0. The fourth-order valence-corrected chi connectivity index (χ4v) is 2.63. The smallest absolute Gasteiger partial charge is 0.193 e. The van der Waals surface area contributed by atoms with E-state index in [1.54, 1.807) is 7.11 Å². The van der Waals surface area contributed by atoms with Gasteiger partial charge >= 0.3 is 0 Å². The highest BCUT2D eigenvalue weighted by Crippen LogP contribution is 2.29. The lowest BCUT2D eigenvalue weighted by Gasteiger charge is -2.11. The van der Waals surface area contributed by atoms with Gasteiger partial charge in [-0.05, 0) is 35.9 Å². The maximum atomic E-state index is 5.93. The van der Waals surface area contributed by atoms with E-state index in [1.807, 2.05) is 66.7 Å². The van der Waals surface area contributed by atoms with Gasteiger partial charge < -0.3 is 20.5 Å². The number of hydrogen-bond acceptors (Lipinski definition) is 3. The van der Waals surface area contributed by atoms with Gasteiger partial charge in [0.05, 0.1) is 13.7 Å².